The molecule has 2 N–H and O–H groups in total. The summed E-state index contributed by atoms with van der Waals surface area (Å²) in [6.45, 7) is 0.518. The largest absolute Gasteiger partial charge is 0.356 e. The Labute approximate surface area is 168 Å². The van der Waals surface area contributed by atoms with E-state index in [9.17, 15) is 14.4 Å². The van der Waals surface area contributed by atoms with Crippen molar-refractivity contribution in [1.29, 1.82) is 0 Å². The van der Waals surface area contributed by atoms with Crippen LogP contribution >= 0.6 is 23.2 Å². The van der Waals surface area contributed by atoms with E-state index in [1.807, 2.05) is 6.07 Å². The predicted octanol–water partition coefficient (Wildman–Crippen LogP) is 3.30. The van der Waals surface area contributed by atoms with Crippen LogP contribution in [0.4, 0.5) is 4.79 Å². The van der Waals surface area contributed by atoms with Gasteiger partial charge in [-0.1, -0.05) is 48.5 Å². The molecule has 1 saturated carbocycles. The molecule has 146 valence electrons. The number of amides is 4. The average Bonchev–Trinajstić information content (AvgIpc) is 2.85. The first-order chi connectivity index (χ1) is 12.9. The van der Waals surface area contributed by atoms with Crippen molar-refractivity contribution >= 4 is 41.0 Å². The number of carbonyl (C=O) groups excluding carboxylic acids is 3. The quantitative estimate of drug-likeness (QED) is 0.704. The predicted molar refractivity (Wildman–Crippen MR) is 104 cm³/mol. The number of rotatable bonds is 6. The summed E-state index contributed by atoms with van der Waals surface area (Å²) in [7, 11) is 0. The Hall–Kier alpha value is -1.79. The van der Waals surface area contributed by atoms with E-state index in [4.69, 9.17) is 23.2 Å². The lowest BCUT2D eigenvalue weighted by Gasteiger charge is -2.30. The first-order valence-electron chi connectivity index (χ1n) is 9.26. The van der Waals surface area contributed by atoms with Crippen molar-refractivity contribution in [2.45, 2.75) is 50.5 Å². The molecule has 0 radical (unpaired) electrons. The van der Waals surface area contributed by atoms with Gasteiger partial charge in [0.1, 0.15) is 5.54 Å². The van der Waals surface area contributed by atoms with Gasteiger partial charge in [-0.05, 0) is 37.0 Å². The van der Waals surface area contributed by atoms with E-state index >= 15 is 0 Å². The number of imide groups is 1. The van der Waals surface area contributed by atoms with Gasteiger partial charge >= 0.3 is 6.03 Å². The van der Waals surface area contributed by atoms with Crippen molar-refractivity contribution in [3.05, 3.63) is 33.8 Å². The minimum Gasteiger partial charge on any atom is -0.356 e. The fourth-order valence-corrected chi connectivity index (χ4v) is 4.24. The Morgan fingerprint density at radius 2 is 1.93 bits per heavy atom. The molecule has 27 heavy (non-hydrogen) atoms. The van der Waals surface area contributed by atoms with Crippen LogP contribution in [0.15, 0.2) is 18.2 Å². The minimum absolute atomic E-state index is 0.0869. The Kier molecular flexibility index (Phi) is 6.27. The number of hydrogen-bond donors (Lipinski definition) is 2. The van der Waals surface area contributed by atoms with Crippen LogP contribution in [0.25, 0.3) is 0 Å². The second kappa shape index (κ2) is 8.48. The summed E-state index contributed by atoms with van der Waals surface area (Å²) in [6, 6.07) is 4.86. The van der Waals surface area contributed by atoms with Crippen molar-refractivity contribution in [2.24, 2.45) is 0 Å². The third kappa shape index (κ3) is 4.55. The Morgan fingerprint density at radius 1 is 1.19 bits per heavy atom. The molecule has 1 aromatic rings. The van der Waals surface area contributed by atoms with Gasteiger partial charge in [-0.2, -0.15) is 0 Å². The smallest absolute Gasteiger partial charge is 0.325 e. The highest BCUT2D eigenvalue weighted by atomic mass is 35.5. The van der Waals surface area contributed by atoms with Crippen molar-refractivity contribution in [2.75, 3.05) is 13.1 Å². The third-order valence-electron chi connectivity index (χ3n) is 5.25. The molecule has 0 bridgehead atoms. The summed E-state index contributed by atoms with van der Waals surface area (Å²) in [5.74, 6) is -0.391. The van der Waals surface area contributed by atoms with Crippen LogP contribution in [0.3, 0.4) is 0 Å². The fraction of sp³-hybridized carbons (Fsp3) is 0.526. The Morgan fingerprint density at radius 3 is 2.63 bits per heavy atom. The molecule has 3 rings (SSSR count). The normalized spacial score (nSPS) is 18.7. The second-order valence-corrected chi connectivity index (χ2v) is 7.96. The molecule has 8 heteroatoms. The average molecular weight is 412 g/mol. The van der Waals surface area contributed by atoms with Gasteiger partial charge in [0.25, 0.3) is 5.91 Å². The molecular weight excluding hydrogens is 389 g/mol. The van der Waals surface area contributed by atoms with Crippen molar-refractivity contribution < 1.29 is 14.4 Å². The maximum absolute atomic E-state index is 12.7. The van der Waals surface area contributed by atoms with Crippen molar-refractivity contribution in [1.82, 2.24) is 15.5 Å². The summed E-state index contributed by atoms with van der Waals surface area (Å²) in [4.78, 5) is 38.1. The van der Waals surface area contributed by atoms with Gasteiger partial charge in [0.15, 0.2) is 0 Å². The Balaban J connectivity index is 1.45. The molecule has 1 saturated heterocycles. The lowest BCUT2D eigenvalue weighted by atomic mass is 9.82. The van der Waals surface area contributed by atoms with Crippen LogP contribution in [0, 0.1) is 0 Å². The molecule has 2 fully saturated rings. The van der Waals surface area contributed by atoms with Gasteiger partial charge in [0, 0.05) is 29.6 Å². The van der Waals surface area contributed by atoms with Gasteiger partial charge < -0.3 is 10.6 Å². The maximum atomic E-state index is 12.7. The number of urea groups is 1. The topological polar surface area (TPSA) is 78.5 Å². The van der Waals surface area contributed by atoms with Gasteiger partial charge in [0.2, 0.25) is 5.91 Å². The van der Waals surface area contributed by atoms with Crippen LogP contribution < -0.4 is 10.6 Å². The molecule has 4 amide bonds. The zero-order valence-electron chi connectivity index (χ0n) is 15.0. The van der Waals surface area contributed by atoms with E-state index in [0.717, 1.165) is 24.8 Å². The van der Waals surface area contributed by atoms with Gasteiger partial charge in [-0.3, -0.25) is 14.5 Å². The molecule has 0 aromatic heterocycles. The lowest BCUT2D eigenvalue weighted by Crippen LogP contribution is -2.48. The summed E-state index contributed by atoms with van der Waals surface area (Å²) in [5.41, 5.74) is 0.159. The van der Waals surface area contributed by atoms with E-state index in [2.05, 4.69) is 10.6 Å². The van der Waals surface area contributed by atoms with Crippen LogP contribution in [0.1, 0.15) is 44.1 Å². The summed E-state index contributed by atoms with van der Waals surface area (Å²) in [6.07, 6.45) is 4.99. The number of carbonyl (C=O) groups is 3. The SMILES string of the molecule is O=C(CCN1C(=O)NC2(CCCCC2)C1=O)NCCc1ccc(Cl)cc1Cl. The number of hydrogen-bond acceptors (Lipinski definition) is 3. The number of halogens is 2. The Bertz CT molecular complexity index is 748. The second-order valence-electron chi connectivity index (χ2n) is 7.12. The molecule has 2 aliphatic rings. The van der Waals surface area contributed by atoms with E-state index in [1.165, 1.54) is 4.90 Å². The van der Waals surface area contributed by atoms with E-state index in [0.29, 0.717) is 35.9 Å². The lowest BCUT2D eigenvalue weighted by molar-refractivity contribution is -0.132. The summed E-state index contributed by atoms with van der Waals surface area (Å²) in [5, 5.41) is 6.78. The summed E-state index contributed by atoms with van der Waals surface area (Å²) < 4.78 is 0. The van der Waals surface area contributed by atoms with Gasteiger partial charge in [0.05, 0.1) is 0 Å². The zero-order chi connectivity index (χ0) is 19.4. The van der Waals surface area contributed by atoms with Gasteiger partial charge in [-0.25, -0.2) is 4.79 Å². The highest BCUT2D eigenvalue weighted by molar-refractivity contribution is 6.35. The zero-order valence-corrected chi connectivity index (χ0v) is 16.5. The first kappa shape index (κ1) is 20.0. The summed E-state index contributed by atoms with van der Waals surface area (Å²) >= 11 is 12.0. The highest BCUT2D eigenvalue weighted by Crippen LogP contribution is 2.33. The molecule has 6 nitrogen and oxygen atoms in total. The molecule has 1 heterocycles. The molecule has 0 unspecified atom stereocenters. The van der Waals surface area contributed by atoms with Crippen LogP contribution in [-0.4, -0.2) is 41.4 Å². The number of benzene rings is 1. The van der Waals surface area contributed by atoms with Crippen LogP contribution in [0.2, 0.25) is 10.0 Å². The van der Waals surface area contributed by atoms with E-state index < -0.39 is 5.54 Å². The molecule has 1 aromatic carbocycles. The van der Waals surface area contributed by atoms with Crippen LogP contribution in [-0.2, 0) is 16.0 Å². The van der Waals surface area contributed by atoms with Crippen LogP contribution in [0.5, 0.6) is 0 Å². The molecule has 1 aliphatic carbocycles. The number of nitrogens with zero attached hydrogens (tertiary/aromatic N) is 1. The monoisotopic (exact) mass is 411 g/mol. The van der Waals surface area contributed by atoms with E-state index in [1.54, 1.807) is 12.1 Å². The highest BCUT2D eigenvalue weighted by Gasteiger charge is 2.50. The molecule has 0 atom stereocenters. The van der Waals surface area contributed by atoms with E-state index in [-0.39, 0.29) is 30.8 Å². The molecular formula is C19H23Cl2N3O3. The fourth-order valence-electron chi connectivity index (χ4n) is 3.74. The third-order valence-corrected chi connectivity index (χ3v) is 5.83. The minimum atomic E-state index is -0.739. The molecule has 1 spiro atoms. The molecule has 1 aliphatic heterocycles. The standard InChI is InChI=1S/C19H23Cl2N3O3/c20-14-5-4-13(15(21)12-14)6-10-22-16(25)7-11-24-17(26)19(23-18(24)27)8-2-1-3-9-19/h4-5,12H,1-3,6-11H2,(H,22,25)(H,23,27). The van der Waals surface area contributed by atoms with Gasteiger partial charge in [-0.15, -0.1) is 0 Å². The first-order valence-corrected chi connectivity index (χ1v) is 10.0. The maximum Gasteiger partial charge on any atom is 0.325 e. The van der Waals surface area contributed by atoms with Crippen molar-refractivity contribution in [3.8, 4) is 0 Å². The van der Waals surface area contributed by atoms with Crippen molar-refractivity contribution in [3.63, 3.8) is 0 Å². The number of nitrogens with one attached hydrogen (secondary N) is 2.